The van der Waals surface area contributed by atoms with E-state index in [1.807, 2.05) is 24.3 Å². The van der Waals surface area contributed by atoms with Gasteiger partial charge in [-0.2, -0.15) is 0 Å². The van der Waals surface area contributed by atoms with Crippen LogP contribution in [0, 0.1) is 0 Å². The van der Waals surface area contributed by atoms with E-state index in [1.54, 1.807) is 18.2 Å². The lowest BCUT2D eigenvalue weighted by atomic mass is 10.2. The summed E-state index contributed by atoms with van der Waals surface area (Å²) < 4.78 is 6.20. The number of carbonyl (C=O) groups is 1. The Balaban J connectivity index is 1.97. The molecule has 1 aromatic heterocycles. The van der Waals surface area contributed by atoms with Crippen LogP contribution in [0.2, 0.25) is 5.02 Å². The minimum Gasteiger partial charge on any atom is -0.495 e. The molecule has 6 heteroatoms. The number of thiophene rings is 1. The van der Waals surface area contributed by atoms with Gasteiger partial charge in [-0.1, -0.05) is 29.8 Å². The van der Waals surface area contributed by atoms with E-state index in [2.05, 4.69) is 5.32 Å². The molecule has 1 heterocycles. The van der Waals surface area contributed by atoms with Crippen LogP contribution in [0.4, 0.5) is 11.4 Å². The number of hydrogen-bond acceptors (Lipinski definition) is 4. The third-order valence-corrected chi connectivity index (χ3v) is 4.89. The van der Waals surface area contributed by atoms with Crippen LogP contribution in [0.15, 0.2) is 42.5 Å². The number of fused-ring (bicyclic) bond motifs is 1. The third kappa shape index (κ3) is 2.61. The summed E-state index contributed by atoms with van der Waals surface area (Å²) in [6, 6.07) is 12.7. The van der Waals surface area contributed by atoms with Gasteiger partial charge in [0, 0.05) is 15.8 Å². The van der Waals surface area contributed by atoms with Gasteiger partial charge in [-0.15, -0.1) is 11.3 Å². The smallest absolute Gasteiger partial charge is 0.267 e. The molecule has 1 amide bonds. The van der Waals surface area contributed by atoms with Crippen molar-refractivity contribution in [3.05, 3.63) is 52.4 Å². The van der Waals surface area contributed by atoms with Gasteiger partial charge in [-0.05, 0) is 24.3 Å². The highest BCUT2D eigenvalue weighted by atomic mass is 35.5. The highest BCUT2D eigenvalue weighted by molar-refractivity contribution is 7.21. The van der Waals surface area contributed by atoms with Crippen LogP contribution >= 0.6 is 22.9 Å². The summed E-state index contributed by atoms with van der Waals surface area (Å²) in [5.41, 5.74) is 6.81. The number of methoxy groups -OCH3 is 1. The average Bonchev–Trinajstić information content (AvgIpc) is 2.85. The van der Waals surface area contributed by atoms with Crippen LogP contribution in [-0.2, 0) is 0 Å². The first-order valence-electron chi connectivity index (χ1n) is 6.52. The summed E-state index contributed by atoms with van der Waals surface area (Å²) in [6.07, 6.45) is 0. The maximum absolute atomic E-state index is 12.5. The van der Waals surface area contributed by atoms with E-state index in [0.29, 0.717) is 27.0 Å². The number of amides is 1. The lowest BCUT2D eigenvalue weighted by molar-refractivity contribution is 0.103. The minimum absolute atomic E-state index is 0.282. The zero-order valence-electron chi connectivity index (χ0n) is 11.7. The Morgan fingerprint density at radius 2 is 2.05 bits per heavy atom. The van der Waals surface area contributed by atoms with Gasteiger partial charge in [-0.25, -0.2) is 0 Å². The van der Waals surface area contributed by atoms with E-state index in [4.69, 9.17) is 22.1 Å². The molecule has 112 valence electrons. The average molecular weight is 333 g/mol. The molecule has 4 nitrogen and oxygen atoms in total. The number of nitrogens with two attached hydrogens (primary N) is 1. The zero-order valence-corrected chi connectivity index (χ0v) is 13.3. The van der Waals surface area contributed by atoms with Crippen molar-refractivity contribution < 1.29 is 9.53 Å². The molecule has 0 bridgehead atoms. The molecular formula is C16H13ClN2O2S. The molecule has 3 aromatic rings. The quantitative estimate of drug-likeness (QED) is 0.699. The molecule has 2 aromatic carbocycles. The van der Waals surface area contributed by atoms with Gasteiger partial charge in [0.1, 0.15) is 10.6 Å². The van der Waals surface area contributed by atoms with E-state index >= 15 is 0 Å². The Hall–Kier alpha value is -2.24. The molecule has 3 rings (SSSR count). The molecule has 0 saturated heterocycles. The van der Waals surface area contributed by atoms with Crippen molar-refractivity contribution in [3.8, 4) is 5.75 Å². The van der Waals surface area contributed by atoms with Gasteiger partial charge in [0.15, 0.2) is 0 Å². The molecule has 22 heavy (non-hydrogen) atoms. The van der Waals surface area contributed by atoms with Crippen molar-refractivity contribution in [1.29, 1.82) is 0 Å². The maximum atomic E-state index is 12.5. The highest BCUT2D eigenvalue weighted by Crippen LogP contribution is 2.36. The molecule has 0 atom stereocenters. The second-order valence-corrected chi connectivity index (χ2v) is 6.09. The van der Waals surface area contributed by atoms with E-state index in [-0.39, 0.29) is 5.91 Å². The van der Waals surface area contributed by atoms with Crippen molar-refractivity contribution in [1.82, 2.24) is 0 Å². The van der Waals surface area contributed by atoms with Crippen LogP contribution in [0.25, 0.3) is 10.1 Å². The first-order valence-corrected chi connectivity index (χ1v) is 7.71. The number of ether oxygens (including phenoxy) is 1. The van der Waals surface area contributed by atoms with Crippen LogP contribution in [0.1, 0.15) is 9.67 Å². The van der Waals surface area contributed by atoms with Crippen LogP contribution in [0.5, 0.6) is 5.75 Å². The standard InChI is InChI=1S/C16H13ClN2O2S/c1-21-12-7-6-9(18)8-11(12)19-16(20)15-14(17)10-4-2-3-5-13(10)22-15/h2-8H,18H2,1H3,(H,19,20). The van der Waals surface area contributed by atoms with E-state index in [1.165, 1.54) is 18.4 Å². The SMILES string of the molecule is COc1ccc(N)cc1NC(=O)c1sc2ccccc2c1Cl. The molecule has 3 N–H and O–H groups in total. The summed E-state index contributed by atoms with van der Waals surface area (Å²) in [4.78, 5) is 13.0. The minimum atomic E-state index is -0.282. The van der Waals surface area contributed by atoms with Crippen molar-refractivity contribution >= 4 is 50.3 Å². The molecule has 0 aliphatic heterocycles. The molecule has 0 unspecified atom stereocenters. The maximum Gasteiger partial charge on any atom is 0.267 e. The van der Waals surface area contributed by atoms with Crippen LogP contribution < -0.4 is 15.8 Å². The number of benzene rings is 2. The fourth-order valence-corrected chi connectivity index (χ4v) is 3.57. The monoisotopic (exact) mass is 332 g/mol. The molecule has 0 saturated carbocycles. The first kappa shape index (κ1) is 14.7. The summed E-state index contributed by atoms with van der Waals surface area (Å²) in [6.45, 7) is 0. The Labute approximate surface area is 136 Å². The van der Waals surface area contributed by atoms with Gasteiger partial charge in [0.2, 0.25) is 0 Å². The number of nitrogen functional groups attached to an aromatic ring is 1. The summed E-state index contributed by atoms with van der Waals surface area (Å²) in [7, 11) is 1.54. The Bertz CT molecular complexity index is 860. The number of rotatable bonds is 3. The molecule has 0 aliphatic rings. The van der Waals surface area contributed by atoms with Crippen LogP contribution in [0.3, 0.4) is 0 Å². The zero-order chi connectivity index (χ0) is 15.7. The molecule has 0 spiro atoms. The number of anilines is 2. The fourth-order valence-electron chi connectivity index (χ4n) is 2.16. The van der Waals surface area contributed by atoms with Gasteiger partial charge in [-0.3, -0.25) is 4.79 Å². The normalized spacial score (nSPS) is 10.6. The van der Waals surface area contributed by atoms with Crippen molar-refractivity contribution in [2.45, 2.75) is 0 Å². The van der Waals surface area contributed by atoms with Gasteiger partial charge < -0.3 is 15.8 Å². The second-order valence-electron chi connectivity index (χ2n) is 4.66. The van der Waals surface area contributed by atoms with Crippen molar-refractivity contribution in [3.63, 3.8) is 0 Å². The number of carbonyl (C=O) groups excluding carboxylic acids is 1. The summed E-state index contributed by atoms with van der Waals surface area (Å²) in [5.74, 6) is 0.259. The van der Waals surface area contributed by atoms with Crippen LogP contribution in [-0.4, -0.2) is 13.0 Å². The second kappa shape index (κ2) is 5.87. The first-order chi connectivity index (χ1) is 10.6. The predicted octanol–water partition coefficient (Wildman–Crippen LogP) is 4.40. The van der Waals surface area contributed by atoms with Gasteiger partial charge in [0.05, 0.1) is 17.8 Å². The molecule has 0 fully saturated rings. The van der Waals surface area contributed by atoms with Crippen molar-refractivity contribution in [2.24, 2.45) is 0 Å². The van der Waals surface area contributed by atoms with Gasteiger partial charge >= 0.3 is 0 Å². The molecule has 0 aliphatic carbocycles. The van der Waals surface area contributed by atoms with Gasteiger partial charge in [0.25, 0.3) is 5.91 Å². The largest absolute Gasteiger partial charge is 0.495 e. The number of hydrogen-bond donors (Lipinski definition) is 2. The topological polar surface area (TPSA) is 64.3 Å². The lowest BCUT2D eigenvalue weighted by Gasteiger charge is -2.10. The Morgan fingerprint density at radius 1 is 1.27 bits per heavy atom. The molecular weight excluding hydrogens is 320 g/mol. The lowest BCUT2D eigenvalue weighted by Crippen LogP contribution is -2.11. The molecule has 0 radical (unpaired) electrons. The van der Waals surface area contributed by atoms with E-state index in [0.717, 1.165) is 10.1 Å². The third-order valence-electron chi connectivity index (χ3n) is 3.21. The van der Waals surface area contributed by atoms with E-state index in [9.17, 15) is 4.79 Å². The Morgan fingerprint density at radius 3 is 2.77 bits per heavy atom. The summed E-state index contributed by atoms with van der Waals surface area (Å²) in [5, 5.41) is 4.14. The number of halogens is 1. The van der Waals surface area contributed by atoms with E-state index < -0.39 is 0 Å². The predicted molar refractivity (Wildman–Crippen MR) is 92.2 cm³/mol. The highest BCUT2D eigenvalue weighted by Gasteiger charge is 2.18. The summed E-state index contributed by atoms with van der Waals surface area (Å²) >= 11 is 7.67. The Kier molecular flexibility index (Phi) is 3.92. The van der Waals surface area contributed by atoms with Crippen molar-refractivity contribution in [2.75, 3.05) is 18.2 Å². The fraction of sp³-hybridized carbons (Fsp3) is 0.0625. The number of nitrogens with one attached hydrogen (secondary N) is 1.